The van der Waals surface area contributed by atoms with Crippen molar-refractivity contribution in [3.63, 3.8) is 0 Å². The highest BCUT2D eigenvalue weighted by atomic mass is 19.1. The summed E-state index contributed by atoms with van der Waals surface area (Å²) in [4.78, 5) is 29.7. The Labute approximate surface area is 182 Å². The van der Waals surface area contributed by atoms with Crippen LogP contribution in [0, 0.1) is 5.82 Å². The van der Waals surface area contributed by atoms with Gasteiger partial charge in [-0.05, 0) is 63.0 Å². The second-order valence-electron chi connectivity index (χ2n) is 8.27. The fourth-order valence-corrected chi connectivity index (χ4v) is 4.40. The first-order valence-corrected chi connectivity index (χ1v) is 11.0. The molecular weight excluding hydrogens is 395 g/mol. The minimum Gasteiger partial charge on any atom is -0.348 e. The van der Waals surface area contributed by atoms with Gasteiger partial charge in [0.2, 0.25) is 0 Å². The highest BCUT2D eigenvalue weighted by Crippen LogP contribution is 2.21. The summed E-state index contributed by atoms with van der Waals surface area (Å²) in [5.41, 5.74) is 1.42. The Balaban J connectivity index is 1.33. The molecule has 7 heteroatoms. The number of carbonyl (C=O) groups excluding carboxylic acids is 2. The second-order valence-corrected chi connectivity index (χ2v) is 8.27. The molecule has 1 atom stereocenters. The lowest BCUT2D eigenvalue weighted by Crippen LogP contribution is -2.50. The van der Waals surface area contributed by atoms with E-state index in [-0.39, 0.29) is 24.3 Å². The standard InChI is InChI=1S/C24H29FN4O2/c25-22-11-2-1-7-19(22)16-26-23(30)18-8-5-9-20(15-18)27-24(31)29-14-6-10-21(17-29)28-12-3-4-13-28/h1-2,5,7-9,11,15,21H,3-4,6,10,12-14,16-17H2,(H,26,30)(H,27,31). The first-order chi connectivity index (χ1) is 15.1. The average Bonchev–Trinajstić information content (AvgIpc) is 3.34. The van der Waals surface area contributed by atoms with E-state index in [2.05, 4.69) is 15.5 Å². The van der Waals surface area contributed by atoms with E-state index in [1.807, 2.05) is 4.90 Å². The Morgan fingerprint density at radius 1 is 1.00 bits per heavy atom. The summed E-state index contributed by atoms with van der Waals surface area (Å²) in [7, 11) is 0. The normalized spacial score (nSPS) is 19.3. The monoisotopic (exact) mass is 424 g/mol. The minimum absolute atomic E-state index is 0.105. The molecule has 6 nitrogen and oxygen atoms in total. The molecule has 2 aliphatic rings. The van der Waals surface area contributed by atoms with E-state index in [0.29, 0.717) is 22.9 Å². The van der Waals surface area contributed by atoms with Crippen molar-refractivity contribution in [3.05, 3.63) is 65.5 Å². The predicted octanol–water partition coefficient (Wildman–Crippen LogP) is 3.85. The number of hydrogen-bond donors (Lipinski definition) is 2. The van der Waals surface area contributed by atoms with Crippen molar-refractivity contribution in [3.8, 4) is 0 Å². The second kappa shape index (κ2) is 9.92. The summed E-state index contributed by atoms with van der Waals surface area (Å²) < 4.78 is 13.7. The van der Waals surface area contributed by atoms with E-state index in [0.717, 1.165) is 39.0 Å². The number of carbonyl (C=O) groups is 2. The van der Waals surface area contributed by atoms with Crippen LogP contribution in [0.25, 0.3) is 0 Å². The van der Waals surface area contributed by atoms with Gasteiger partial charge in [-0.3, -0.25) is 9.69 Å². The molecule has 0 spiro atoms. The quantitative estimate of drug-likeness (QED) is 0.766. The topological polar surface area (TPSA) is 64.7 Å². The fourth-order valence-electron chi connectivity index (χ4n) is 4.40. The highest BCUT2D eigenvalue weighted by molar-refractivity contribution is 5.96. The number of nitrogens with one attached hydrogen (secondary N) is 2. The first kappa shape index (κ1) is 21.3. The zero-order valence-corrected chi connectivity index (χ0v) is 17.6. The van der Waals surface area contributed by atoms with Crippen LogP contribution in [-0.2, 0) is 6.54 Å². The lowest BCUT2D eigenvalue weighted by molar-refractivity contribution is 0.0950. The molecule has 2 aromatic carbocycles. The molecule has 1 unspecified atom stereocenters. The van der Waals surface area contributed by atoms with Crippen LogP contribution in [0.5, 0.6) is 0 Å². The molecule has 4 rings (SSSR count). The molecule has 0 saturated carbocycles. The van der Waals surface area contributed by atoms with Gasteiger partial charge in [0.25, 0.3) is 5.91 Å². The van der Waals surface area contributed by atoms with Crippen LogP contribution in [0.3, 0.4) is 0 Å². The van der Waals surface area contributed by atoms with Crippen molar-refractivity contribution in [2.24, 2.45) is 0 Å². The maximum absolute atomic E-state index is 13.7. The van der Waals surface area contributed by atoms with Crippen LogP contribution in [0.15, 0.2) is 48.5 Å². The number of hydrogen-bond acceptors (Lipinski definition) is 3. The molecule has 0 bridgehead atoms. The zero-order valence-electron chi connectivity index (χ0n) is 17.6. The van der Waals surface area contributed by atoms with Crippen molar-refractivity contribution in [1.29, 1.82) is 0 Å². The lowest BCUT2D eigenvalue weighted by atomic mass is 10.0. The molecule has 2 aliphatic heterocycles. The Morgan fingerprint density at radius 2 is 1.81 bits per heavy atom. The molecule has 3 amide bonds. The summed E-state index contributed by atoms with van der Waals surface area (Å²) in [6.45, 7) is 3.86. The van der Waals surface area contributed by atoms with Gasteiger partial charge in [-0.25, -0.2) is 9.18 Å². The van der Waals surface area contributed by atoms with Crippen LogP contribution in [0.2, 0.25) is 0 Å². The molecule has 2 aromatic rings. The smallest absolute Gasteiger partial charge is 0.321 e. The zero-order chi connectivity index (χ0) is 21.6. The molecule has 164 valence electrons. The summed E-state index contributed by atoms with van der Waals surface area (Å²) >= 11 is 0. The Bertz CT molecular complexity index is 929. The van der Waals surface area contributed by atoms with Gasteiger partial charge in [-0.15, -0.1) is 0 Å². The third kappa shape index (κ3) is 5.41. The van der Waals surface area contributed by atoms with Gasteiger partial charge in [0.1, 0.15) is 5.82 Å². The Kier molecular flexibility index (Phi) is 6.82. The predicted molar refractivity (Wildman–Crippen MR) is 118 cm³/mol. The molecule has 2 fully saturated rings. The molecule has 2 heterocycles. The maximum atomic E-state index is 13.7. The molecular formula is C24H29FN4O2. The van der Waals surface area contributed by atoms with Crippen molar-refractivity contribution < 1.29 is 14.0 Å². The fraction of sp³-hybridized carbons (Fsp3) is 0.417. The number of urea groups is 1. The highest BCUT2D eigenvalue weighted by Gasteiger charge is 2.29. The lowest BCUT2D eigenvalue weighted by Gasteiger charge is -2.37. The van der Waals surface area contributed by atoms with Gasteiger partial charge in [-0.1, -0.05) is 24.3 Å². The number of halogens is 1. The number of benzene rings is 2. The summed E-state index contributed by atoms with van der Waals surface area (Å²) in [5.74, 6) is -0.663. The van der Waals surface area contributed by atoms with Gasteiger partial charge in [0.15, 0.2) is 0 Å². The van der Waals surface area contributed by atoms with E-state index in [1.54, 1.807) is 42.5 Å². The van der Waals surface area contributed by atoms with Gasteiger partial charge in [0, 0.05) is 42.5 Å². The Morgan fingerprint density at radius 3 is 2.61 bits per heavy atom. The molecule has 31 heavy (non-hydrogen) atoms. The first-order valence-electron chi connectivity index (χ1n) is 11.0. The molecule has 0 radical (unpaired) electrons. The van der Waals surface area contributed by atoms with Crippen LogP contribution in [-0.4, -0.2) is 54.0 Å². The number of piperidine rings is 1. The average molecular weight is 425 g/mol. The number of anilines is 1. The number of rotatable bonds is 5. The molecule has 0 aliphatic carbocycles. The number of nitrogens with zero attached hydrogens (tertiary/aromatic N) is 2. The minimum atomic E-state index is -0.349. The van der Waals surface area contributed by atoms with Gasteiger partial charge in [0.05, 0.1) is 0 Å². The molecule has 0 aromatic heterocycles. The van der Waals surface area contributed by atoms with E-state index in [4.69, 9.17) is 0 Å². The Hall–Kier alpha value is -2.93. The third-order valence-electron chi connectivity index (χ3n) is 6.11. The van der Waals surface area contributed by atoms with E-state index in [9.17, 15) is 14.0 Å². The summed E-state index contributed by atoms with van der Waals surface area (Å²) in [5, 5.41) is 5.66. The van der Waals surface area contributed by atoms with Crippen LogP contribution >= 0.6 is 0 Å². The van der Waals surface area contributed by atoms with E-state index >= 15 is 0 Å². The van der Waals surface area contributed by atoms with Crippen LogP contribution < -0.4 is 10.6 Å². The maximum Gasteiger partial charge on any atom is 0.321 e. The SMILES string of the molecule is O=C(NCc1ccccc1F)c1cccc(NC(=O)N2CCCC(N3CCCC3)C2)c1. The molecule has 2 N–H and O–H groups in total. The van der Waals surface area contributed by atoms with Crippen molar-refractivity contribution in [2.75, 3.05) is 31.5 Å². The summed E-state index contributed by atoms with van der Waals surface area (Å²) in [6, 6.07) is 13.5. The van der Waals surface area contributed by atoms with E-state index < -0.39 is 0 Å². The van der Waals surface area contributed by atoms with Crippen molar-refractivity contribution >= 4 is 17.6 Å². The number of likely N-dealkylation sites (tertiary alicyclic amines) is 2. The van der Waals surface area contributed by atoms with E-state index in [1.165, 1.54) is 18.9 Å². The van der Waals surface area contributed by atoms with Crippen molar-refractivity contribution in [1.82, 2.24) is 15.1 Å². The largest absolute Gasteiger partial charge is 0.348 e. The van der Waals surface area contributed by atoms with Crippen LogP contribution in [0.1, 0.15) is 41.6 Å². The van der Waals surface area contributed by atoms with Crippen molar-refractivity contribution in [2.45, 2.75) is 38.3 Å². The third-order valence-corrected chi connectivity index (χ3v) is 6.11. The van der Waals surface area contributed by atoms with Gasteiger partial charge in [-0.2, -0.15) is 0 Å². The van der Waals surface area contributed by atoms with Gasteiger partial charge >= 0.3 is 6.03 Å². The van der Waals surface area contributed by atoms with Crippen LogP contribution in [0.4, 0.5) is 14.9 Å². The van der Waals surface area contributed by atoms with Gasteiger partial charge < -0.3 is 15.5 Å². The molecule has 2 saturated heterocycles. The summed E-state index contributed by atoms with van der Waals surface area (Å²) in [6.07, 6.45) is 4.64. The number of amides is 3.